The molecule has 72 valence electrons. The van der Waals surface area contributed by atoms with Gasteiger partial charge in [-0.25, -0.2) is 0 Å². The number of hydrogen-bond donors (Lipinski definition) is 0. The van der Waals surface area contributed by atoms with E-state index in [1.807, 2.05) is 0 Å². The molecule has 0 amide bonds. The van der Waals surface area contributed by atoms with Crippen LogP contribution in [-0.4, -0.2) is 0 Å². The van der Waals surface area contributed by atoms with E-state index in [0.29, 0.717) is 0 Å². The standard InChI is InChI=1S/C6H6F3NOP2/c7-12(8)10-13(9)11-6-4-2-1-3-5-6/h1-5,12H. The second-order valence-electron chi connectivity index (χ2n) is 1.97. The third-order valence-electron chi connectivity index (χ3n) is 1.08. The van der Waals surface area contributed by atoms with E-state index < -0.39 is 16.9 Å². The normalized spacial score (nSPS) is 12.6. The van der Waals surface area contributed by atoms with Gasteiger partial charge in [0.1, 0.15) is 5.75 Å². The van der Waals surface area contributed by atoms with Gasteiger partial charge in [0.15, 0.2) is 0 Å². The molecule has 0 aromatic heterocycles. The minimum atomic E-state index is -3.90. The maximum absolute atomic E-state index is 12.6. The predicted octanol–water partition coefficient (Wildman–Crippen LogP) is 4.43. The fourth-order valence-corrected chi connectivity index (χ4v) is 1.58. The van der Waals surface area contributed by atoms with Gasteiger partial charge in [0.25, 0.3) is 8.33 Å². The van der Waals surface area contributed by atoms with E-state index in [1.54, 1.807) is 18.2 Å². The molecule has 1 aromatic carbocycles. The van der Waals surface area contributed by atoms with Crippen LogP contribution in [0.3, 0.4) is 0 Å². The summed E-state index contributed by atoms with van der Waals surface area (Å²) < 4.78 is 42.8. The fraction of sp³-hybridized carbons (Fsp3) is 0. The molecule has 0 aliphatic carbocycles. The van der Waals surface area contributed by atoms with Crippen LogP contribution in [0.4, 0.5) is 12.6 Å². The molecular formula is C6H6F3NOP2. The van der Waals surface area contributed by atoms with Crippen LogP contribution in [0.2, 0.25) is 0 Å². The van der Waals surface area contributed by atoms with E-state index in [9.17, 15) is 12.6 Å². The minimum Gasteiger partial charge on any atom is -0.428 e. The molecule has 0 aliphatic rings. The number of rotatable bonds is 3. The highest BCUT2D eigenvalue weighted by molar-refractivity contribution is 7.53. The van der Waals surface area contributed by atoms with Crippen LogP contribution >= 0.6 is 16.9 Å². The van der Waals surface area contributed by atoms with Crippen molar-refractivity contribution in [1.82, 2.24) is 0 Å². The Morgan fingerprint density at radius 1 is 1.23 bits per heavy atom. The van der Waals surface area contributed by atoms with Crippen molar-refractivity contribution >= 4 is 16.9 Å². The molecule has 1 atom stereocenters. The summed E-state index contributed by atoms with van der Waals surface area (Å²) in [5, 5.41) is 0. The van der Waals surface area contributed by atoms with Gasteiger partial charge in [-0.15, -0.1) is 0 Å². The van der Waals surface area contributed by atoms with Crippen LogP contribution in [0.25, 0.3) is 0 Å². The maximum atomic E-state index is 12.6. The molecule has 1 unspecified atom stereocenters. The van der Waals surface area contributed by atoms with Gasteiger partial charge >= 0.3 is 8.61 Å². The van der Waals surface area contributed by atoms with Gasteiger partial charge in [0.05, 0.1) is 0 Å². The van der Waals surface area contributed by atoms with Crippen molar-refractivity contribution in [3.63, 3.8) is 0 Å². The molecule has 0 saturated carbocycles. The SMILES string of the molecule is FP(N=[PH](F)F)Oc1ccccc1. The quantitative estimate of drug-likeness (QED) is 0.700. The third-order valence-corrected chi connectivity index (χ3v) is 2.67. The first-order valence-corrected chi connectivity index (χ1v) is 5.57. The lowest BCUT2D eigenvalue weighted by molar-refractivity contribution is 0.565. The Morgan fingerprint density at radius 3 is 2.38 bits per heavy atom. The molecule has 0 spiro atoms. The molecule has 0 saturated heterocycles. The Kier molecular flexibility index (Phi) is 4.26. The van der Waals surface area contributed by atoms with E-state index >= 15 is 0 Å². The van der Waals surface area contributed by atoms with Crippen molar-refractivity contribution in [2.45, 2.75) is 0 Å². The molecule has 2 nitrogen and oxygen atoms in total. The van der Waals surface area contributed by atoms with Gasteiger partial charge in [-0.3, -0.25) is 0 Å². The monoisotopic (exact) mass is 227 g/mol. The first-order valence-electron chi connectivity index (χ1n) is 3.27. The maximum Gasteiger partial charge on any atom is 0.417 e. The third kappa shape index (κ3) is 4.30. The Bertz CT molecular complexity index is 291. The first kappa shape index (κ1) is 10.6. The predicted molar refractivity (Wildman–Crippen MR) is 48.1 cm³/mol. The van der Waals surface area contributed by atoms with Crippen LogP contribution in [0.5, 0.6) is 5.75 Å². The van der Waals surface area contributed by atoms with E-state index in [2.05, 4.69) is 9.04 Å². The van der Waals surface area contributed by atoms with E-state index in [4.69, 9.17) is 0 Å². The largest absolute Gasteiger partial charge is 0.428 e. The second-order valence-corrected chi connectivity index (χ2v) is 3.89. The Labute approximate surface area is 75.5 Å². The highest BCUT2D eigenvalue weighted by atomic mass is 31.2. The Balaban J connectivity index is 2.55. The van der Waals surface area contributed by atoms with Crippen molar-refractivity contribution in [1.29, 1.82) is 0 Å². The second kappa shape index (κ2) is 5.25. The highest BCUT2D eigenvalue weighted by Crippen LogP contribution is 2.49. The summed E-state index contributed by atoms with van der Waals surface area (Å²) in [7, 11) is -6.78. The van der Waals surface area contributed by atoms with Crippen LogP contribution in [0.15, 0.2) is 34.8 Å². The first-order chi connectivity index (χ1) is 6.18. The van der Waals surface area contributed by atoms with Crippen LogP contribution in [0.1, 0.15) is 0 Å². The fourth-order valence-electron chi connectivity index (χ4n) is 0.648. The molecule has 7 heteroatoms. The zero-order chi connectivity index (χ0) is 9.68. The van der Waals surface area contributed by atoms with Crippen LogP contribution in [-0.2, 0) is 0 Å². The summed E-state index contributed by atoms with van der Waals surface area (Å²) in [6, 6.07) is 7.91. The number of halogens is 3. The molecule has 0 fully saturated rings. The van der Waals surface area contributed by atoms with Gasteiger partial charge in [-0.2, -0.15) is 17.1 Å². The molecule has 0 bridgehead atoms. The minimum absolute atomic E-state index is 0.211. The summed E-state index contributed by atoms with van der Waals surface area (Å²) in [4.78, 5) is 0. The summed E-state index contributed by atoms with van der Waals surface area (Å²) in [5.74, 6) is 0.211. The lowest BCUT2D eigenvalue weighted by Crippen LogP contribution is -1.78. The van der Waals surface area contributed by atoms with Crippen molar-refractivity contribution in [3.8, 4) is 5.75 Å². The van der Waals surface area contributed by atoms with Crippen molar-refractivity contribution in [2.24, 2.45) is 4.52 Å². The zero-order valence-corrected chi connectivity index (χ0v) is 8.22. The molecule has 0 heterocycles. The van der Waals surface area contributed by atoms with Gasteiger partial charge < -0.3 is 4.52 Å². The molecule has 0 N–H and O–H groups in total. The molecule has 1 aromatic rings. The van der Waals surface area contributed by atoms with Gasteiger partial charge in [-0.05, 0) is 12.1 Å². The van der Waals surface area contributed by atoms with Crippen molar-refractivity contribution in [2.75, 3.05) is 0 Å². The highest BCUT2D eigenvalue weighted by Gasteiger charge is 2.08. The van der Waals surface area contributed by atoms with E-state index in [-0.39, 0.29) is 5.75 Å². The number of para-hydroxylation sites is 1. The number of benzene rings is 1. The van der Waals surface area contributed by atoms with Crippen LogP contribution < -0.4 is 4.52 Å². The molecule has 0 aliphatic heterocycles. The van der Waals surface area contributed by atoms with Crippen molar-refractivity contribution in [3.05, 3.63) is 30.3 Å². The summed E-state index contributed by atoms with van der Waals surface area (Å²) in [6.07, 6.45) is 0. The van der Waals surface area contributed by atoms with Crippen LogP contribution in [0, 0.1) is 0 Å². The van der Waals surface area contributed by atoms with Gasteiger partial charge in [0.2, 0.25) is 0 Å². The topological polar surface area (TPSA) is 21.6 Å². The summed E-state index contributed by atoms with van der Waals surface area (Å²) in [5.41, 5.74) is 0. The average molecular weight is 227 g/mol. The van der Waals surface area contributed by atoms with E-state index in [0.717, 1.165) is 0 Å². The Hall–Kier alpha value is -0.530. The molecule has 13 heavy (non-hydrogen) atoms. The number of nitrogens with zero attached hydrogens (tertiary/aromatic N) is 1. The lowest BCUT2D eigenvalue weighted by Gasteiger charge is -2.03. The Morgan fingerprint density at radius 2 is 1.85 bits per heavy atom. The van der Waals surface area contributed by atoms with Crippen molar-refractivity contribution < 1.29 is 17.1 Å². The van der Waals surface area contributed by atoms with E-state index in [1.165, 1.54) is 12.1 Å². The smallest absolute Gasteiger partial charge is 0.417 e. The zero-order valence-electron chi connectivity index (χ0n) is 6.32. The van der Waals surface area contributed by atoms with Gasteiger partial charge in [-0.1, -0.05) is 18.2 Å². The van der Waals surface area contributed by atoms with Gasteiger partial charge in [0, 0.05) is 0 Å². The average Bonchev–Trinajstić information content (AvgIpc) is 2.04. The molecular weight excluding hydrogens is 221 g/mol. The lowest BCUT2D eigenvalue weighted by atomic mass is 10.3. The number of hydrogen-bond acceptors (Lipinski definition) is 2. The molecule has 0 radical (unpaired) electrons. The summed E-state index contributed by atoms with van der Waals surface area (Å²) in [6.45, 7) is 0. The summed E-state index contributed by atoms with van der Waals surface area (Å²) >= 11 is 0. The molecule has 1 rings (SSSR count).